The summed E-state index contributed by atoms with van der Waals surface area (Å²) in [6.45, 7) is 3.70. The van der Waals surface area contributed by atoms with Gasteiger partial charge in [-0.3, -0.25) is 4.99 Å². The third-order valence-electron chi connectivity index (χ3n) is 4.36. The van der Waals surface area contributed by atoms with Crippen molar-refractivity contribution in [2.75, 3.05) is 27.7 Å². The zero-order valence-corrected chi connectivity index (χ0v) is 16.2. The molecular formula is C18H30N4OS. The molecule has 134 valence electrons. The summed E-state index contributed by atoms with van der Waals surface area (Å²) in [6, 6.07) is 0. The minimum absolute atomic E-state index is 0.0512. The van der Waals surface area contributed by atoms with Crippen LogP contribution in [-0.4, -0.2) is 43.6 Å². The fraction of sp³-hybridized carbons (Fsp3) is 0.667. The lowest BCUT2D eigenvalue weighted by Gasteiger charge is -2.22. The topological polar surface area (TPSA) is 49.8 Å². The Kier molecular flexibility index (Phi) is 7.72. The molecule has 0 aromatic carbocycles. The Morgan fingerprint density at radius 3 is 3.00 bits per heavy atom. The highest BCUT2D eigenvalue weighted by Gasteiger charge is 2.12. The largest absolute Gasteiger partial charge is 0.375 e. The molecule has 1 heterocycles. The monoisotopic (exact) mass is 350 g/mol. The van der Waals surface area contributed by atoms with Crippen molar-refractivity contribution in [1.29, 1.82) is 0 Å². The molecular weight excluding hydrogens is 320 g/mol. The van der Waals surface area contributed by atoms with Crippen molar-refractivity contribution in [2.24, 2.45) is 4.99 Å². The Labute approximate surface area is 149 Å². The van der Waals surface area contributed by atoms with Crippen LogP contribution >= 0.6 is 11.3 Å². The number of methoxy groups -OCH3 is 1. The highest BCUT2D eigenvalue weighted by Crippen LogP contribution is 2.21. The Morgan fingerprint density at radius 2 is 2.33 bits per heavy atom. The normalized spacial score (nSPS) is 16.7. The Morgan fingerprint density at radius 1 is 1.50 bits per heavy atom. The van der Waals surface area contributed by atoms with Crippen molar-refractivity contribution in [1.82, 2.24) is 15.2 Å². The van der Waals surface area contributed by atoms with Crippen LogP contribution < -0.4 is 5.32 Å². The van der Waals surface area contributed by atoms with Gasteiger partial charge in [0.15, 0.2) is 5.96 Å². The van der Waals surface area contributed by atoms with Crippen LogP contribution in [0.15, 0.2) is 22.0 Å². The van der Waals surface area contributed by atoms with Gasteiger partial charge in [0, 0.05) is 33.1 Å². The number of aromatic nitrogens is 1. The van der Waals surface area contributed by atoms with E-state index in [4.69, 9.17) is 4.74 Å². The van der Waals surface area contributed by atoms with Gasteiger partial charge in [0.05, 0.1) is 12.2 Å². The van der Waals surface area contributed by atoms with Gasteiger partial charge in [-0.2, -0.15) is 0 Å². The van der Waals surface area contributed by atoms with Crippen molar-refractivity contribution in [3.8, 4) is 0 Å². The summed E-state index contributed by atoms with van der Waals surface area (Å²) in [4.78, 5) is 11.2. The second-order valence-electron chi connectivity index (χ2n) is 6.24. The van der Waals surface area contributed by atoms with E-state index in [1.165, 1.54) is 25.7 Å². The van der Waals surface area contributed by atoms with Gasteiger partial charge in [0.1, 0.15) is 11.1 Å². The van der Waals surface area contributed by atoms with Gasteiger partial charge in [-0.15, -0.1) is 11.3 Å². The molecule has 0 spiro atoms. The lowest BCUT2D eigenvalue weighted by Crippen LogP contribution is -2.39. The maximum atomic E-state index is 5.33. The van der Waals surface area contributed by atoms with E-state index < -0.39 is 0 Å². The first-order chi connectivity index (χ1) is 11.6. The van der Waals surface area contributed by atoms with Crippen molar-refractivity contribution in [2.45, 2.75) is 51.7 Å². The van der Waals surface area contributed by atoms with Crippen LogP contribution in [0, 0.1) is 0 Å². The van der Waals surface area contributed by atoms with E-state index in [1.807, 2.05) is 21.0 Å². The SMILES string of the molecule is CN=C(NCCC1=CCCCC1)N(C)Cc1csc(C(C)OC)n1. The summed E-state index contributed by atoms with van der Waals surface area (Å²) in [5.74, 6) is 0.917. The van der Waals surface area contributed by atoms with Gasteiger partial charge in [-0.05, 0) is 39.0 Å². The standard InChI is InChI=1S/C18H30N4OS/c1-14(23-4)17-21-16(13-24-17)12-22(3)18(19-2)20-11-10-15-8-6-5-7-9-15/h8,13-14H,5-7,9-12H2,1-4H3,(H,19,20). The number of nitrogens with one attached hydrogen (secondary N) is 1. The highest BCUT2D eigenvalue weighted by molar-refractivity contribution is 7.09. The predicted molar refractivity (Wildman–Crippen MR) is 102 cm³/mol. The highest BCUT2D eigenvalue weighted by atomic mass is 32.1. The lowest BCUT2D eigenvalue weighted by atomic mass is 9.97. The minimum Gasteiger partial charge on any atom is -0.375 e. The average molecular weight is 351 g/mol. The van der Waals surface area contributed by atoms with E-state index in [2.05, 4.69) is 31.6 Å². The molecule has 1 aliphatic rings. The zero-order chi connectivity index (χ0) is 17.4. The predicted octanol–water partition coefficient (Wildman–Crippen LogP) is 3.75. The Balaban J connectivity index is 1.81. The van der Waals surface area contributed by atoms with Gasteiger partial charge in [-0.25, -0.2) is 4.98 Å². The second kappa shape index (κ2) is 9.79. The number of nitrogens with zero attached hydrogens (tertiary/aromatic N) is 3. The average Bonchev–Trinajstić information content (AvgIpc) is 3.07. The summed E-state index contributed by atoms with van der Waals surface area (Å²) in [7, 11) is 5.59. The summed E-state index contributed by atoms with van der Waals surface area (Å²) in [5, 5.41) is 6.58. The van der Waals surface area contributed by atoms with Crippen LogP contribution in [0.4, 0.5) is 0 Å². The number of ether oxygens (including phenoxy) is 1. The molecule has 0 saturated carbocycles. The number of aliphatic imine (C=N–C) groups is 1. The van der Waals surface area contributed by atoms with Gasteiger partial charge in [-0.1, -0.05) is 11.6 Å². The molecule has 0 aliphatic heterocycles. The molecule has 0 radical (unpaired) electrons. The van der Waals surface area contributed by atoms with Crippen LogP contribution in [0.25, 0.3) is 0 Å². The van der Waals surface area contributed by atoms with E-state index in [0.29, 0.717) is 0 Å². The quantitative estimate of drug-likeness (QED) is 0.462. The molecule has 0 saturated heterocycles. The number of hydrogen-bond acceptors (Lipinski definition) is 4. The first-order valence-electron chi connectivity index (χ1n) is 8.70. The smallest absolute Gasteiger partial charge is 0.193 e. The number of rotatable bonds is 7. The first kappa shape index (κ1) is 18.9. The maximum absolute atomic E-state index is 5.33. The van der Waals surface area contributed by atoms with Crippen LogP contribution in [0.3, 0.4) is 0 Å². The molecule has 5 nitrogen and oxygen atoms in total. The molecule has 1 unspecified atom stereocenters. The summed E-state index contributed by atoms with van der Waals surface area (Å²) >= 11 is 1.65. The minimum atomic E-state index is 0.0512. The van der Waals surface area contributed by atoms with Gasteiger partial charge in [0.2, 0.25) is 0 Å². The van der Waals surface area contributed by atoms with Gasteiger partial charge >= 0.3 is 0 Å². The molecule has 0 bridgehead atoms. The van der Waals surface area contributed by atoms with Crippen molar-refractivity contribution in [3.63, 3.8) is 0 Å². The number of guanidine groups is 1. The number of allylic oxidation sites excluding steroid dienone is 1. The zero-order valence-electron chi connectivity index (χ0n) is 15.3. The van der Waals surface area contributed by atoms with E-state index in [0.717, 1.165) is 36.2 Å². The molecule has 2 rings (SSSR count). The molecule has 6 heteroatoms. The van der Waals surface area contributed by atoms with Crippen LogP contribution in [0.2, 0.25) is 0 Å². The Hall–Kier alpha value is -1.40. The fourth-order valence-corrected chi connectivity index (χ4v) is 3.69. The van der Waals surface area contributed by atoms with E-state index in [-0.39, 0.29) is 6.10 Å². The van der Waals surface area contributed by atoms with Gasteiger partial charge < -0.3 is 15.0 Å². The van der Waals surface area contributed by atoms with Gasteiger partial charge in [0.25, 0.3) is 0 Å². The molecule has 0 fully saturated rings. The lowest BCUT2D eigenvalue weighted by molar-refractivity contribution is 0.119. The summed E-state index contributed by atoms with van der Waals surface area (Å²) in [5.41, 5.74) is 2.64. The summed E-state index contributed by atoms with van der Waals surface area (Å²) < 4.78 is 5.33. The maximum Gasteiger partial charge on any atom is 0.193 e. The third kappa shape index (κ3) is 5.60. The fourth-order valence-electron chi connectivity index (χ4n) is 2.85. The van der Waals surface area contributed by atoms with Crippen molar-refractivity contribution in [3.05, 3.63) is 27.7 Å². The van der Waals surface area contributed by atoms with Crippen LogP contribution in [-0.2, 0) is 11.3 Å². The molecule has 1 N–H and O–H groups in total. The number of hydrogen-bond donors (Lipinski definition) is 1. The van der Waals surface area contributed by atoms with Crippen LogP contribution in [0.5, 0.6) is 0 Å². The second-order valence-corrected chi connectivity index (χ2v) is 7.13. The molecule has 1 aromatic rings. The summed E-state index contributed by atoms with van der Waals surface area (Å²) in [6.07, 6.45) is 8.76. The molecule has 24 heavy (non-hydrogen) atoms. The van der Waals surface area contributed by atoms with E-state index in [9.17, 15) is 0 Å². The Bertz CT molecular complexity index is 567. The number of thiazole rings is 1. The van der Waals surface area contributed by atoms with E-state index in [1.54, 1.807) is 24.0 Å². The molecule has 1 aromatic heterocycles. The van der Waals surface area contributed by atoms with E-state index >= 15 is 0 Å². The third-order valence-corrected chi connectivity index (χ3v) is 5.41. The van der Waals surface area contributed by atoms with Crippen LogP contribution in [0.1, 0.15) is 55.8 Å². The molecule has 1 atom stereocenters. The van der Waals surface area contributed by atoms with Crippen molar-refractivity contribution < 1.29 is 4.74 Å². The molecule has 0 amide bonds. The first-order valence-corrected chi connectivity index (χ1v) is 9.58. The molecule has 1 aliphatic carbocycles. The van der Waals surface area contributed by atoms with Crippen molar-refractivity contribution >= 4 is 17.3 Å².